The number of hydrogen-bond donors (Lipinski definition) is 2. The van der Waals surface area contributed by atoms with Crippen LogP contribution >= 0.6 is 11.6 Å². The Kier molecular flexibility index (Phi) is 6.70. The summed E-state index contributed by atoms with van der Waals surface area (Å²) < 4.78 is 11.9. The number of esters is 1. The molecule has 3 saturated heterocycles. The smallest absolute Gasteiger partial charge is 0.312 e. The molecule has 3 aliphatic rings. The zero-order valence-corrected chi connectivity index (χ0v) is 20.8. The van der Waals surface area contributed by atoms with E-state index in [0.29, 0.717) is 30.0 Å². The Morgan fingerprint density at radius 2 is 1.97 bits per heavy atom. The molecule has 1 aromatic rings. The molecular formula is C25H33ClN2O6. The molecule has 2 unspecified atom stereocenters. The van der Waals surface area contributed by atoms with E-state index in [2.05, 4.69) is 5.32 Å². The van der Waals surface area contributed by atoms with Gasteiger partial charge in [0.05, 0.1) is 30.8 Å². The Labute approximate surface area is 204 Å². The third kappa shape index (κ3) is 3.71. The lowest BCUT2D eigenvalue weighted by Crippen LogP contribution is -2.57. The van der Waals surface area contributed by atoms with Gasteiger partial charge in [0.15, 0.2) is 0 Å². The second-order valence-electron chi connectivity index (χ2n) is 9.86. The van der Waals surface area contributed by atoms with Crippen LogP contribution in [0.25, 0.3) is 0 Å². The predicted octanol–water partition coefficient (Wildman–Crippen LogP) is 3.01. The lowest BCUT2D eigenvalue weighted by atomic mass is 9.66. The number of hydrogen-bond acceptors (Lipinski definition) is 6. The number of amides is 2. The monoisotopic (exact) mass is 492 g/mol. The molecule has 3 aliphatic heterocycles. The van der Waals surface area contributed by atoms with Gasteiger partial charge in [-0.05, 0) is 56.9 Å². The Morgan fingerprint density at radius 1 is 1.29 bits per heavy atom. The average molecular weight is 493 g/mol. The highest BCUT2D eigenvalue weighted by Crippen LogP contribution is 2.63. The first-order chi connectivity index (χ1) is 16.1. The maximum absolute atomic E-state index is 14.0. The largest absolute Gasteiger partial charge is 0.466 e. The zero-order valence-electron chi connectivity index (χ0n) is 20.0. The van der Waals surface area contributed by atoms with Gasteiger partial charge < -0.3 is 24.8 Å². The molecule has 1 aromatic carbocycles. The van der Waals surface area contributed by atoms with Gasteiger partial charge in [-0.3, -0.25) is 14.4 Å². The van der Waals surface area contributed by atoms with Gasteiger partial charge in [0.25, 0.3) is 0 Å². The molecule has 0 radical (unpaired) electrons. The Balaban J connectivity index is 1.78. The van der Waals surface area contributed by atoms with Crippen molar-refractivity contribution in [1.29, 1.82) is 0 Å². The van der Waals surface area contributed by atoms with E-state index in [0.717, 1.165) is 0 Å². The van der Waals surface area contributed by atoms with Crippen LogP contribution in [0.2, 0.25) is 5.02 Å². The second-order valence-corrected chi connectivity index (χ2v) is 10.3. The van der Waals surface area contributed by atoms with E-state index in [9.17, 15) is 19.5 Å². The van der Waals surface area contributed by atoms with Crippen LogP contribution in [0, 0.1) is 17.8 Å². The van der Waals surface area contributed by atoms with Crippen molar-refractivity contribution in [3.05, 3.63) is 29.3 Å². The Hall–Kier alpha value is -2.16. The third-order valence-corrected chi connectivity index (χ3v) is 8.21. The number of fused-ring (bicyclic) bond motifs is 1. The molecule has 2 N–H and O–H groups in total. The van der Waals surface area contributed by atoms with Gasteiger partial charge in [0, 0.05) is 10.7 Å². The molecule has 0 saturated carbocycles. The molecule has 7 atom stereocenters. The predicted molar refractivity (Wildman–Crippen MR) is 126 cm³/mol. The molecule has 4 rings (SSSR count). The number of benzene rings is 1. The van der Waals surface area contributed by atoms with E-state index >= 15 is 0 Å². The zero-order chi connectivity index (χ0) is 24.8. The summed E-state index contributed by atoms with van der Waals surface area (Å²) in [5.74, 6) is -2.94. The minimum atomic E-state index is -1.17. The summed E-state index contributed by atoms with van der Waals surface area (Å²) in [5, 5.41) is 13.7. The fraction of sp³-hybridized carbons (Fsp3) is 0.640. The van der Waals surface area contributed by atoms with Gasteiger partial charge in [0.2, 0.25) is 11.8 Å². The van der Waals surface area contributed by atoms with Crippen molar-refractivity contribution in [2.75, 3.05) is 18.5 Å². The van der Waals surface area contributed by atoms with E-state index < -0.39 is 47.0 Å². The van der Waals surface area contributed by atoms with Crippen molar-refractivity contribution in [2.24, 2.45) is 17.8 Å². The quantitative estimate of drug-likeness (QED) is 0.540. The lowest BCUT2D eigenvalue weighted by molar-refractivity contribution is -0.160. The standard InChI is InChI=1S/C25H33ClN2O6/c1-5-14(3)17(13-29)28-20(21(30)27-16-9-7-15(26)8-10-16)25-12-11-24(4,34-25)19(18(25)22(28)31)23(32)33-6-2/h7-10,14,17-20,29H,5-6,11-13H2,1-4H3,(H,27,30)/t14-,17-,18-,19-,20?,24+,25?/m0/s1. The van der Waals surface area contributed by atoms with E-state index in [1.165, 1.54) is 4.90 Å². The van der Waals surface area contributed by atoms with Gasteiger partial charge in [-0.15, -0.1) is 0 Å². The van der Waals surface area contributed by atoms with Gasteiger partial charge in [0.1, 0.15) is 17.6 Å². The van der Waals surface area contributed by atoms with E-state index in [1.807, 2.05) is 20.8 Å². The molecule has 9 heteroatoms. The first-order valence-corrected chi connectivity index (χ1v) is 12.4. The molecule has 186 valence electrons. The number of aliphatic hydroxyl groups excluding tert-OH is 1. The highest BCUT2D eigenvalue weighted by molar-refractivity contribution is 6.30. The number of rotatable bonds is 8. The second kappa shape index (κ2) is 9.13. The Bertz CT molecular complexity index is 971. The van der Waals surface area contributed by atoms with Crippen LogP contribution in [0.1, 0.15) is 47.0 Å². The van der Waals surface area contributed by atoms with E-state index in [-0.39, 0.29) is 25.0 Å². The van der Waals surface area contributed by atoms with Crippen molar-refractivity contribution in [3.8, 4) is 0 Å². The maximum atomic E-state index is 14.0. The van der Waals surface area contributed by atoms with Crippen LogP contribution in [-0.4, -0.2) is 64.3 Å². The number of aliphatic hydroxyl groups is 1. The summed E-state index contributed by atoms with van der Waals surface area (Å²) in [6, 6.07) is 5.13. The molecule has 3 heterocycles. The summed E-state index contributed by atoms with van der Waals surface area (Å²) >= 11 is 5.98. The van der Waals surface area contributed by atoms with E-state index in [1.54, 1.807) is 31.2 Å². The minimum Gasteiger partial charge on any atom is -0.466 e. The number of carbonyl (C=O) groups excluding carboxylic acids is 3. The van der Waals surface area contributed by atoms with E-state index in [4.69, 9.17) is 21.1 Å². The molecule has 34 heavy (non-hydrogen) atoms. The topological polar surface area (TPSA) is 105 Å². The number of ether oxygens (including phenoxy) is 2. The highest BCUT2D eigenvalue weighted by Gasteiger charge is 2.78. The van der Waals surface area contributed by atoms with Gasteiger partial charge >= 0.3 is 5.97 Å². The summed E-state index contributed by atoms with van der Waals surface area (Å²) in [6.07, 6.45) is 1.70. The van der Waals surface area contributed by atoms with Gasteiger partial charge in [-0.1, -0.05) is 31.9 Å². The van der Waals surface area contributed by atoms with Crippen LogP contribution < -0.4 is 5.32 Å². The van der Waals surface area contributed by atoms with Crippen LogP contribution in [0.15, 0.2) is 24.3 Å². The third-order valence-electron chi connectivity index (χ3n) is 7.96. The first kappa shape index (κ1) is 24.9. The van der Waals surface area contributed by atoms with Crippen molar-refractivity contribution in [3.63, 3.8) is 0 Å². The molecule has 2 bridgehead atoms. The van der Waals surface area contributed by atoms with Gasteiger partial charge in [-0.2, -0.15) is 0 Å². The first-order valence-electron chi connectivity index (χ1n) is 12.0. The molecule has 1 spiro atoms. The summed E-state index contributed by atoms with van der Waals surface area (Å²) in [4.78, 5) is 42.3. The number of halogens is 1. The molecule has 0 aromatic heterocycles. The molecule has 2 amide bonds. The molecule has 8 nitrogen and oxygen atoms in total. The minimum absolute atomic E-state index is 0.0659. The fourth-order valence-corrected chi connectivity index (χ4v) is 6.29. The van der Waals surface area contributed by atoms with Crippen LogP contribution in [0.4, 0.5) is 5.69 Å². The summed E-state index contributed by atoms with van der Waals surface area (Å²) in [5.41, 5.74) is -1.52. The molecular weight excluding hydrogens is 460 g/mol. The normalized spacial score (nSPS) is 33.5. The van der Waals surface area contributed by atoms with Crippen molar-refractivity contribution >= 4 is 35.1 Å². The Morgan fingerprint density at radius 3 is 2.56 bits per heavy atom. The lowest BCUT2D eigenvalue weighted by Gasteiger charge is -2.39. The van der Waals surface area contributed by atoms with Crippen LogP contribution in [-0.2, 0) is 23.9 Å². The number of nitrogens with one attached hydrogen (secondary N) is 1. The summed E-state index contributed by atoms with van der Waals surface area (Å²) in [7, 11) is 0. The van der Waals surface area contributed by atoms with Crippen molar-refractivity contribution in [2.45, 2.75) is 70.2 Å². The van der Waals surface area contributed by atoms with Crippen molar-refractivity contribution in [1.82, 2.24) is 4.90 Å². The number of likely N-dealkylation sites (tertiary alicyclic amines) is 1. The number of nitrogens with zero attached hydrogens (tertiary/aromatic N) is 1. The summed E-state index contributed by atoms with van der Waals surface area (Å²) in [6.45, 7) is 7.35. The maximum Gasteiger partial charge on any atom is 0.312 e. The average Bonchev–Trinajstić information content (AvgIpc) is 3.37. The molecule has 3 fully saturated rings. The van der Waals surface area contributed by atoms with Crippen molar-refractivity contribution < 1.29 is 29.0 Å². The van der Waals surface area contributed by atoms with Crippen LogP contribution in [0.5, 0.6) is 0 Å². The number of anilines is 1. The highest BCUT2D eigenvalue weighted by atomic mass is 35.5. The SMILES string of the molecule is CCOC(=O)[C@@H]1[C@H]2C(=O)N([C@@H](CO)[C@@H](C)CC)C(C(=O)Nc3ccc(Cl)cc3)C23CC[C@@]1(C)O3. The van der Waals surface area contributed by atoms with Crippen LogP contribution in [0.3, 0.4) is 0 Å². The van der Waals surface area contributed by atoms with Gasteiger partial charge in [-0.25, -0.2) is 0 Å². The fourth-order valence-electron chi connectivity index (χ4n) is 6.17. The number of carbonyl (C=O) groups is 3. The molecule has 0 aliphatic carbocycles.